The number of ether oxygens (including phenoxy) is 2. The molecule has 0 aromatic rings. The molecule has 2 amide bonds. The van der Waals surface area contributed by atoms with E-state index in [1.807, 2.05) is 28.1 Å². The summed E-state index contributed by atoms with van der Waals surface area (Å²) in [5, 5.41) is -1.97. The van der Waals surface area contributed by atoms with E-state index in [1.165, 1.54) is 0 Å². The zero-order valence-electron chi connectivity index (χ0n) is 19.4. The summed E-state index contributed by atoms with van der Waals surface area (Å²) < 4.78 is 41.7. The van der Waals surface area contributed by atoms with E-state index in [9.17, 15) is 27.6 Å². The van der Waals surface area contributed by atoms with Gasteiger partial charge in [0.25, 0.3) is 21.9 Å². The number of rotatable bonds is 15. The van der Waals surface area contributed by atoms with E-state index in [2.05, 4.69) is 14.6 Å². The molecule has 13 nitrogen and oxygen atoms in total. The zero-order chi connectivity index (χ0) is 25.2. The first kappa shape index (κ1) is 28.9. The van der Waals surface area contributed by atoms with Crippen LogP contribution < -0.4 is 0 Å². The Bertz CT molecular complexity index is 802. The fourth-order valence-corrected chi connectivity index (χ4v) is 3.57. The molecule has 1 fully saturated rings. The summed E-state index contributed by atoms with van der Waals surface area (Å²) in [4.78, 5) is 55.7. The highest BCUT2D eigenvalue weighted by molar-refractivity contribution is 7.87. The number of hydrogen-bond donors (Lipinski definition) is 1. The minimum atomic E-state index is -4.79. The first-order valence-electron chi connectivity index (χ1n) is 10.5. The third-order valence-corrected chi connectivity index (χ3v) is 5.71. The van der Waals surface area contributed by atoms with Gasteiger partial charge < -0.3 is 24.1 Å². The van der Waals surface area contributed by atoms with Crippen LogP contribution in [-0.4, -0.2) is 117 Å². The summed E-state index contributed by atoms with van der Waals surface area (Å²) in [6, 6.07) is 0. The molecule has 190 valence electrons. The molecule has 1 N–H and O–H groups in total. The molecule has 1 rings (SSSR count). The van der Waals surface area contributed by atoms with Crippen molar-refractivity contribution in [2.75, 3.05) is 54.0 Å². The lowest BCUT2D eigenvalue weighted by Crippen LogP contribution is -2.36. The van der Waals surface area contributed by atoms with Gasteiger partial charge in [-0.15, -0.1) is 5.06 Å². The Hall–Kier alpha value is -2.13. The van der Waals surface area contributed by atoms with Gasteiger partial charge in [0.2, 0.25) is 0 Å². The number of nitrogens with zero attached hydrogens (tertiary/aromatic N) is 3. The first-order chi connectivity index (χ1) is 15.3. The van der Waals surface area contributed by atoms with Gasteiger partial charge in [-0.1, -0.05) is 0 Å². The zero-order valence-corrected chi connectivity index (χ0v) is 20.2. The molecule has 0 aromatic carbocycles. The van der Waals surface area contributed by atoms with Crippen molar-refractivity contribution in [3.8, 4) is 0 Å². The van der Waals surface area contributed by atoms with E-state index in [4.69, 9.17) is 14.0 Å². The van der Waals surface area contributed by atoms with Crippen LogP contribution in [0.3, 0.4) is 0 Å². The molecule has 2 atom stereocenters. The molecule has 14 heteroatoms. The van der Waals surface area contributed by atoms with Crippen LogP contribution in [0.1, 0.15) is 32.6 Å². The molecule has 1 aliphatic rings. The number of carbonyl (C=O) groups excluding carboxylic acids is 4. The van der Waals surface area contributed by atoms with Gasteiger partial charge >= 0.3 is 11.9 Å². The number of likely N-dealkylation sites (N-methyl/N-ethyl adjacent to an activating group) is 2. The lowest BCUT2D eigenvalue weighted by molar-refractivity contribution is -0.197. The van der Waals surface area contributed by atoms with Gasteiger partial charge in [0, 0.05) is 32.5 Å². The molecular formula is C19H33N3O10S. The monoisotopic (exact) mass is 495 g/mol. The highest BCUT2D eigenvalue weighted by Crippen LogP contribution is 2.20. The topological polar surface area (TPSA) is 160 Å². The van der Waals surface area contributed by atoms with E-state index >= 15 is 0 Å². The second kappa shape index (κ2) is 13.5. The van der Waals surface area contributed by atoms with Crippen LogP contribution >= 0.6 is 0 Å². The fraction of sp³-hybridized carbons (Fsp3) is 0.789. The first-order valence-corrected chi connectivity index (χ1v) is 12.0. The number of carbonyl (C=O) groups is 4. The molecule has 1 aliphatic heterocycles. The van der Waals surface area contributed by atoms with Gasteiger partial charge in [-0.05, 0) is 34.5 Å². The SMILES string of the molecule is CC(CN(C)CCN(C)C)OCCOC(=O)CCCC(=O)ON1C(=O)CC(S(=O)(=O)O)C1=O. The third kappa shape index (κ3) is 11.0. The smallest absolute Gasteiger partial charge is 0.333 e. The lowest BCUT2D eigenvalue weighted by Gasteiger charge is -2.23. The average Bonchev–Trinajstić information content (AvgIpc) is 2.98. The van der Waals surface area contributed by atoms with Crippen LogP contribution in [0.2, 0.25) is 0 Å². The molecule has 0 radical (unpaired) electrons. The predicted octanol–water partition coefficient (Wildman–Crippen LogP) is -0.928. The van der Waals surface area contributed by atoms with Crippen LogP contribution in [0.15, 0.2) is 0 Å². The van der Waals surface area contributed by atoms with Crippen LogP contribution in [0.5, 0.6) is 0 Å². The Morgan fingerprint density at radius 1 is 1.12 bits per heavy atom. The van der Waals surface area contributed by atoms with Crippen molar-refractivity contribution < 1.29 is 46.5 Å². The van der Waals surface area contributed by atoms with E-state index < -0.39 is 45.5 Å². The number of amides is 2. The van der Waals surface area contributed by atoms with Crippen LogP contribution in [0.4, 0.5) is 0 Å². The Morgan fingerprint density at radius 3 is 2.33 bits per heavy atom. The molecule has 33 heavy (non-hydrogen) atoms. The number of esters is 1. The quantitative estimate of drug-likeness (QED) is 0.129. The number of hydroxylamine groups is 2. The molecule has 0 bridgehead atoms. The Labute approximate surface area is 193 Å². The van der Waals surface area contributed by atoms with Crippen molar-refractivity contribution in [3.63, 3.8) is 0 Å². The molecule has 0 aliphatic carbocycles. The Kier molecular flexibility index (Phi) is 11.9. The summed E-state index contributed by atoms with van der Waals surface area (Å²) in [6.45, 7) is 4.78. The van der Waals surface area contributed by atoms with E-state index in [-0.39, 0.29) is 43.6 Å². The molecule has 0 saturated carbocycles. The third-order valence-electron chi connectivity index (χ3n) is 4.62. The Balaban J connectivity index is 2.19. The van der Waals surface area contributed by atoms with Gasteiger partial charge in [0.15, 0.2) is 5.25 Å². The lowest BCUT2D eigenvalue weighted by atomic mass is 10.2. The standard InChI is InChI=1S/C19H33N3O10S/c1-14(13-21(4)9-8-20(2)3)30-10-11-31-17(24)6-5-7-18(25)32-22-16(23)12-15(19(22)26)33(27,28)29/h14-15H,5-13H2,1-4H3,(H,27,28,29). The van der Waals surface area contributed by atoms with Crippen LogP contribution in [-0.2, 0) is 43.6 Å². The summed E-state index contributed by atoms with van der Waals surface area (Å²) in [5.74, 6) is -3.96. The second-order valence-corrected chi connectivity index (χ2v) is 9.62. The molecule has 0 aromatic heterocycles. The van der Waals surface area contributed by atoms with E-state index in [0.717, 1.165) is 19.6 Å². The minimum Gasteiger partial charge on any atom is -0.463 e. The van der Waals surface area contributed by atoms with Crippen LogP contribution in [0, 0.1) is 0 Å². The number of imide groups is 1. The molecule has 1 saturated heterocycles. The fourth-order valence-electron chi connectivity index (χ4n) is 2.87. The average molecular weight is 496 g/mol. The maximum Gasteiger partial charge on any atom is 0.333 e. The van der Waals surface area contributed by atoms with E-state index in [0.29, 0.717) is 0 Å². The molecule has 1 heterocycles. The minimum absolute atomic E-state index is 0.0233. The highest BCUT2D eigenvalue weighted by Gasteiger charge is 2.48. The van der Waals surface area contributed by atoms with Crippen molar-refractivity contribution in [2.24, 2.45) is 0 Å². The summed E-state index contributed by atoms with van der Waals surface area (Å²) in [7, 11) is 1.21. The Morgan fingerprint density at radius 2 is 1.76 bits per heavy atom. The summed E-state index contributed by atoms with van der Waals surface area (Å²) in [6.07, 6.45) is -1.24. The van der Waals surface area contributed by atoms with Gasteiger partial charge in [-0.3, -0.25) is 18.9 Å². The maximum absolute atomic E-state index is 11.8. The summed E-state index contributed by atoms with van der Waals surface area (Å²) in [5.41, 5.74) is 0. The second-order valence-electron chi connectivity index (χ2n) is 8.02. The number of hydrogen-bond acceptors (Lipinski definition) is 11. The molecular weight excluding hydrogens is 462 g/mol. The van der Waals surface area contributed by atoms with Gasteiger partial charge in [0.1, 0.15) is 6.61 Å². The van der Waals surface area contributed by atoms with Crippen molar-refractivity contribution in [1.29, 1.82) is 0 Å². The normalized spacial score (nSPS) is 17.7. The van der Waals surface area contributed by atoms with Gasteiger partial charge in [-0.25, -0.2) is 4.79 Å². The van der Waals surface area contributed by atoms with Gasteiger partial charge in [-0.2, -0.15) is 8.42 Å². The van der Waals surface area contributed by atoms with Gasteiger partial charge in [0.05, 0.1) is 19.1 Å². The van der Waals surface area contributed by atoms with Crippen molar-refractivity contribution in [3.05, 3.63) is 0 Å². The summed E-state index contributed by atoms with van der Waals surface area (Å²) >= 11 is 0. The molecule has 0 spiro atoms. The predicted molar refractivity (Wildman–Crippen MR) is 114 cm³/mol. The maximum atomic E-state index is 11.8. The highest BCUT2D eigenvalue weighted by atomic mass is 32.2. The van der Waals surface area contributed by atoms with Crippen molar-refractivity contribution in [1.82, 2.24) is 14.9 Å². The van der Waals surface area contributed by atoms with E-state index in [1.54, 1.807) is 0 Å². The largest absolute Gasteiger partial charge is 0.463 e. The van der Waals surface area contributed by atoms with Crippen molar-refractivity contribution >= 4 is 33.9 Å². The molecule has 2 unspecified atom stereocenters. The van der Waals surface area contributed by atoms with Crippen molar-refractivity contribution in [2.45, 2.75) is 44.0 Å². The van der Waals surface area contributed by atoms with Crippen LogP contribution in [0.25, 0.3) is 0 Å².